The number of ether oxygens (including phenoxy) is 1. The van der Waals surface area contributed by atoms with Gasteiger partial charge in [-0.25, -0.2) is 13.9 Å². The molecule has 0 fully saturated rings. The Kier molecular flexibility index (Phi) is 8.78. The third kappa shape index (κ3) is 6.95. The van der Waals surface area contributed by atoms with Crippen molar-refractivity contribution in [2.45, 2.75) is 35.3 Å². The van der Waals surface area contributed by atoms with E-state index in [9.17, 15) is 22.6 Å². The number of carbonyl (C=O) groups is 1. The van der Waals surface area contributed by atoms with Crippen LogP contribution in [0.5, 0.6) is 11.5 Å². The zero-order valence-corrected chi connectivity index (χ0v) is 22.1. The Labute approximate surface area is 214 Å². The van der Waals surface area contributed by atoms with Gasteiger partial charge in [0.05, 0.1) is 21.1 Å². The maximum atomic E-state index is 13.1. The first-order valence-electron chi connectivity index (χ1n) is 10.3. The predicted octanol–water partition coefficient (Wildman–Crippen LogP) is 3.52. The van der Waals surface area contributed by atoms with E-state index in [1.165, 1.54) is 43.6 Å². The van der Waals surface area contributed by atoms with Crippen LogP contribution < -0.4 is 14.9 Å². The van der Waals surface area contributed by atoms with Gasteiger partial charge in [0.1, 0.15) is 17.5 Å². The van der Waals surface area contributed by atoms with Crippen LogP contribution in [0.3, 0.4) is 0 Å². The highest BCUT2D eigenvalue weighted by atomic mass is 79.9. The minimum Gasteiger partial charge on any atom is -0.457 e. The summed E-state index contributed by atoms with van der Waals surface area (Å²) in [6.07, 6.45) is 1.55. The molecule has 0 aliphatic heterocycles. The average Bonchev–Trinajstić information content (AvgIpc) is 2.84. The van der Waals surface area contributed by atoms with Gasteiger partial charge in [0.25, 0.3) is 5.91 Å². The summed E-state index contributed by atoms with van der Waals surface area (Å²) in [6.45, 7) is 2.95. The number of amides is 1. The van der Waals surface area contributed by atoms with Gasteiger partial charge in [-0.1, -0.05) is 22.0 Å². The molecule has 0 radical (unpaired) electrons. The number of hydroxylamine groups is 1. The molecule has 1 amide bonds. The molecule has 0 saturated carbocycles. The molecule has 0 unspecified atom stereocenters. The topological polar surface area (TPSA) is 135 Å². The lowest BCUT2D eigenvalue weighted by atomic mass is 10.0. The van der Waals surface area contributed by atoms with Gasteiger partial charge < -0.3 is 4.74 Å². The predicted molar refractivity (Wildman–Crippen MR) is 135 cm³/mol. The van der Waals surface area contributed by atoms with Crippen LogP contribution in [0.15, 0.2) is 82.3 Å². The highest BCUT2D eigenvalue weighted by Gasteiger charge is 2.43. The lowest BCUT2D eigenvalue weighted by molar-refractivity contribution is -0.131. The van der Waals surface area contributed by atoms with Crippen molar-refractivity contribution in [3.63, 3.8) is 0 Å². The van der Waals surface area contributed by atoms with Gasteiger partial charge in [-0.05, 0) is 74.5 Å². The Morgan fingerprint density at radius 2 is 1.69 bits per heavy atom. The number of pyridine rings is 1. The monoisotopic (exact) mass is 581 g/mol. The summed E-state index contributed by atoms with van der Waals surface area (Å²) >= 11 is 3.34. The number of hydrogen-bond donors (Lipinski definition) is 3. The van der Waals surface area contributed by atoms with Crippen molar-refractivity contribution < 1.29 is 27.4 Å². The second-order valence-electron chi connectivity index (χ2n) is 7.97. The number of hydrogen-bond acceptors (Lipinski definition) is 7. The third-order valence-electron chi connectivity index (χ3n) is 5.12. The molecule has 1 heterocycles. The number of sulfonamides is 1. The van der Waals surface area contributed by atoms with Crippen molar-refractivity contribution in [3.05, 3.63) is 83.1 Å². The van der Waals surface area contributed by atoms with Gasteiger partial charge in [0.15, 0.2) is 0 Å². The van der Waals surface area contributed by atoms with Gasteiger partial charge in [-0.2, -0.15) is 4.72 Å². The molecule has 0 saturated heterocycles. The summed E-state index contributed by atoms with van der Waals surface area (Å²) in [4.78, 5) is 16.4. The van der Waals surface area contributed by atoms with E-state index in [1.807, 2.05) is 12.1 Å². The highest BCUT2D eigenvalue weighted by Crippen LogP contribution is 2.26. The number of rotatable bonds is 10. The average molecular weight is 582 g/mol. The van der Waals surface area contributed by atoms with Gasteiger partial charge in [-0.3, -0.25) is 19.2 Å². The van der Waals surface area contributed by atoms with E-state index in [0.29, 0.717) is 17.2 Å². The van der Waals surface area contributed by atoms with Crippen LogP contribution >= 0.6 is 15.9 Å². The SMILES string of the molecule is CC(C)([C@@H](NS(=O)(=O)c1ccc(Oc2ccc(Br)cc2)cc1)C(=O)NO)[S@](=O)Cc1ccccn1. The molecular weight excluding hydrogens is 558 g/mol. The molecule has 12 heteroatoms. The first kappa shape index (κ1) is 27.0. The Morgan fingerprint density at radius 3 is 2.23 bits per heavy atom. The number of aromatic nitrogens is 1. The number of nitrogens with one attached hydrogen (secondary N) is 2. The maximum absolute atomic E-state index is 13.1. The molecule has 186 valence electrons. The van der Waals surface area contributed by atoms with Crippen molar-refractivity contribution in [3.8, 4) is 11.5 Å². The fourth-order valence-electron chi connectivity index (χ4n) is 3.06. The van der Waals surface area contributed by atoms with Crippen LogP contribution in [-0.4, -0.2) is 39.5 Å². The zero-order valence-electron chi connectivity index (χ0n) is 18.8. The summed E-state index contributed by atoms with van der Waals surface area (Å²) in [5, 5.41) is 9.24. The molecule has 2 atom stereocenters. The molecular formula is C23H24BrN3O6S2. The second-order valence-corrected chi connectivity index (χ2v) is 12.6. The third-order valence-corrected chi connectivity index (χ3v) is 9.05. The van der Waals surface area contributed by atoms with Gasteiger partial charge in [0, 0.05) is 21.5 Å². The van der Waals surface area contributed by atoms with Crippen LogP contribution in [0.4, 0.5) is 0 Å². The standard InChI is InChI=1S/C23H24BrN3O6S2/c1-23(2,34(30)15-17-5-3-4-14-25-17)21(22(28)26-29)27-35(31,32)20-12-10-19(11-13-20)33-18-8-6-16(24)7-9-18/h3-14,21,27,29H,15H2,1-2H3,(H,26,28)/t21-,34+/m0/s1. The molecule has 3 N–H and O–H groups in total. The van der Waals surface area contributed by atoms with Crippen LogP contribution in [-0.2, 0) is 31.4 Å². The van der Waals surface area contributed by atoms with E-state index in [0.717, 1.165) is 4.47 Å². The largest absolute Gasteiger partial charge is 0.457 e. The summed E-state index contributed by atoms with van der Waals surface area (Å²) in [5.41, 5.74) is 1.98. The van der Waals surface area contributed by atoms with E-state index >= 15 is 0 Å². The van der Waals surface area contributed by atoms with Crippen molar-refractivity contribution in [2.75, 3.05) is 0 Å². The minimum absolute atomic E-state index is 0.00707. The van der Waals surface area contributed by atoms with Gasteiger partial charge >= 0.3 is 0 Å². The maximum Gasteiger partial charge on any atom is 0.263 e. The Balaban J connectivity index is 1.79. The van der Waals surface area contributed by atoms with Crippen molar-refractivity contribution in [2.24, 2.45) is 0 Å². The molecule has 35 heavy (non-hydrogen) atoms. The van der Waals surface area contributed by atoms with E-state index < -0.39 is 37.5 Å². The molecule has 0 spiro atoms. The Bertz CT molecular complexity index is 1290. The number of halogens is 1. The first-order valence-corrected chi connectivity index (χ1v) is 13.9. The van der Waals surface area contributed by atoms with Crippen molar-refractivity contribution >= 4 is 42.7 Å². The minimum atomic E-state index is -4.23. The summed E-state index contributed by atoms with van der Waals surface area (Å²) in [5.74, 6) is -0.0676. The molecule has 2 aromatic carbocycles. The summed E-state index contributed by atoms with van der Waals surface area (Å²) < 4.78 is 46.7. The van der Waals surface area contributed by atoms with Gasteiger partial charge in [0.2, 0.25) is 10.0 Å². The van der Waals surface area contributed by atoms with E-state index in [1.54, 1.807) is 36.5 Å². The molecule has 0 aliphatic carbocycles. The van der Waals surface area contributed by atoms with Crippen LogP contribution in [0, 0.1) is 0 Å². The van der Waals surface area contributed by atoms with E-state index in [-0.39, 0.29) is 10.6 Å². The lowest BCUT2D eigenvalue weighted by Crippen LogP contribution is -2.59. The smallest absolute Gasteiger partial charge is 0.263 e. The molecule has 1 aromatic heterocycles. The van der Waals surface area contributed by atoms with Crippen LogP contribution in [0.1, 0.15) is 19.5 Å². The molecule has 0 bridgehead atoms. The highest BCUT2D eigenvalue weighted by molar-refractivity contribution is 9.10. The number of nitrogens with zero attached hydrogens (tertiary/aromatic N) is 1. The molecule has 0 aliphatic rings. The lowest BCUT2D eigenvalue weighted by Gasteiger charge is -2.32. The fraction of sp³-hybridized carbons (Fsp3) is 0.217. The Morgan fingerprint density at radius 1 is 1.09 bits per heavy atom. The van der Waals surface area contributed by atoms with Crippen molar-refractivity contribution in [1.29, 1.82) is 0 Å². The summed E-state index contributed by atoms with van der Waals surface area (Å²) in [6, 6.07) is 16.3. The summed E-state index contributed by atoms with van der Waals surface area (Å²) in [7, 11) is -5.97. The number of benzene rings is 2. The normalized spacial score (nSPS) is 13.6. The quantitative estimate of drug-likeness (QED) is 0.246. The molecule has 9 nitrogen and oxygen atoms in total. The second kappa shape index (κ2) is 11.4. The van der Waals surface area contributed by atoms with Crippen molar-refractivity contribution in [1.82, 2.24) is 15.2 Å². The van der Waals surface area contributed by atoms with Gasteiger partial charge in [-0.15, -0.1) is 0 Å². The molecule has 3 aromatic rings. The fourth-order valence-corrected chi connectivity index (χ4v) is 5.98. The molecule has 3 rings (SSSR count). The number of carbonyl (C=O) groups excluding carboxylic acids is 1. The van der Waals surface area contributed by atoms with E-state index in [4.69, 9.17) is 4.74 Å². The van der Waals surface area contributed by atoms with Crippen LogP contribution in [0.25, 0.3) is 0 Å². The van der Waals surface area contributed by atoms with E-state index in [2.05, 4.69) is 25.6 Å². The first-order chi connectivity index (χ1) is 16.5. The Hall–Kier alpha value is -2.64. The van der Waals surface area contributed by atoms with Crippen LogP contribution in [0.2, 0.25) is 0 Å². The zero-order chi connectivity index (χ0) is 25.6.